The smallest absolute Gasteiger partial charge is 0.212 e. The zero-order chi connectivity index (χ0) is 13.1. The molecule has 1 aliphatic rings. The third-order valence-corrected chi connectivity index (χ3v) is 4.71. The molecule has 1 atom stereocenters. The summed E-state index contributed by atoms with van der Waals surface area (Å²) in [5.41, 5.74) is 2.82. The van der Waals surface area contributed by atoms with Crippen molar-refractivity contribution in [1.82, 2.24) is 14.6 Å². The lowest BCUT2D eigenvalue weighted by molar-refractivity contribution is 0.468. The number of hydrogen-bond donors (Lipinski definition) is 0. The van der Waals surface area contributed by atoms with Gasteiger partial charge >= 0.3 is 0 Å². The van der Waals surface area contributed by atoms with Gasteiger partial charge in [0.1, 0.15) is 5.01 Å². The molecule has 0 N–H and O–H groups in total. The molecule has 0 spiro atoms. The Labute approximate surface area is 112 Å². The zero-order valence-corrected chi connectivity index (χ0v) is 12.6. The van der Waals surface area contributed by atoms with Gasteiger partial charge in [-0.25, -0.2) is 9.50 Å². The highest BCUT2D eigenvalue weighted by atomic mass is 32.1. The molecule has 0 aromatic carbocycles. The fraction of sp³-hybridized carbons (Fsp3) is 0.714. The van der Waals surface area contributed by atoms with Gasteiger partial charge in [0.05, 0.1) is 11.4 Å². The van der Waals surface area contributed by atoms with Crippen LogP contribution in [0.15, 0.2) is 0 Å². The van der Waals surface area contributed by atoms with Crippen molar-refractivity contribution in [3.63, 3.8) is 0 Å². The van der Waals surface area contributed by atoms with E-state index in [1.165, 1.54) is 22.8 Å². The molecule has 1 unspecified atom stereocenters. The van der Waals surface area contributed by atoms with Gasteiger partial charge in [-0.05, 0) is 12.3 Å². The van der Waals surface area contributed by atoms with E-state index in [9.17, 15) is 0 Å². The summed E-state index contributed by atoms with van der Waals surface area (Å²) < 4.78 is 2.11. The number of aromatic nitrogens is 3. The van der Waals surface area contributed by atoms with Crippen LogP contribution in [0.4, 0.5) is 0 Å². The van der Waals surface area contributed by atoms with Crippen molar-refractivity contribution in [2.75, 3.05) is 0 Å². The largest absolute Gasteiger partial charge is 0.222 e. The molecule has 98 valence electrons. The van der Waals surface area contributed by atoms with Crippen LogP contribution >= 0.6 is 11.3 Å². The Balaban J connectivity index is 2.13. The normalized spacial score (nSPS) is 22.0. The van der Waals surface area contributed by atoms with E-state index < -0.39 is 0 Å². The number of fused-ring (bicyclic) bond motifs is 3. The predicted molar refractivity (Wildman–Crippen MR) is 75.5 cm³/mol. The van der Waals surface area contributed by atoms with E-state index in [4.69, 9.17) is 10.1 Å². The van der Waals surface area contributed by atoms with Crippen molar-refractivity contribution in [3.05, 3.63) is 16.4 Å². The van der Waals surface area contributed by atoms with Crippen LogP contribution in [0.25, 0.3) is 4.96 Å². The maximum atomic E-state index is 4.82. The van der Waals surface area contributed by atoms with Gasteiger partial charge in [0, 0.05) is 17.8 Å². The van der Waals surface area contributed by atoms with E-state index in [1.807, 2.05) is 0 Å². The van der Waals surface area contributed by atoms with Crippen LogP contribution in [0, 0.1) is 5.92 Å². The number of rotatable bonds is 2. The highest BCUT2D eigenvalue weighted by molar-refractivity contribution is 7.16. The maximum Gasteiger partial charge on any atom is 0.212 e. The number of nitrogens with zero attached hydrogens (tertiary/aromatic N) is 3. The van der Waals surface area contributed by atoms with Crippen molar-refractivity contribution >= 4 is 16.3 Å². The highest BCUT2D eigenvalue weighted by Crippen LogP contribution is 2.45. The molecule has 0 amide bonds. The Morgan fingerprint density at radius 1 is 1.44 bits per heavy atom. The first-order valence-electron chi connectivity index (χ1n) is 6.77. The SMILES string of the molecule is CC(C)Cc1nn2c3c(nc2s1)C(C)CC3(C)C. The molecule has 0 fully saturated rings. The molecule has 4 heteroatoms. The lowest BCUT2D eigenvalue weighted by atomic mass is 9.89. The lowest BCUT2D eigenvalue weighted by Crippen LogP contribution is -2.16. The molecule has 2 aromatic heterocycles. The van der Waals surface area contributed by atoms with E-state index in [2.05, 4.69) is 39.1 Å². The Morgan fingerprint density at radius 3 is 2.83 bits per heavy atom. The van der Waals surface area contributed by atoms with Crippen molar-refractivity contribution < 1.29 is 0 Å². The van der Waals surface area contributed by atoms with Crippen LogP contribution in [0.2, 0.25) is 0 Å². The van der Waals surface area contributed by atoms with Gasteiger partial charge in [-0.1, -0.05) is 46.0 Å². The summed E-state index contributed by atoms with van der Waals surface area (Å²) in [4.78, 5) is 5.90. The molecule has 1 aliphatic carbocycles. The molecule has 0 aliphatic heterocycles. The van der Waals surface area contributed by atoms with E-state index in [0.29, 0.717) is 11.8 Å². The maximum absolute atomic E-state index is 4.82. The average molecular weight is 263 g/mol. The predicted octanol–water partition coefficient (Wildman–Crippen LogP) is 3.77. The summed E-state index contributed by atoms with van der Waals surface area (Å²) in [5, 5.41) is 6.00. The van der Waals surface area contributed by atoms with E-state index in [1.54, 1.807) is 11.3 Å². The van der Waals surface area contributed by atoms with Crippen LogP contribution in [-0.4, -0.2) is 14.6 Å². The van der Waals surface area contributed by atoms with E-state index in [0.717, 1.165) is 11.4 Å². The molecular formula is C14H21N3S. The van der Waals surface area contributed by atoms with Crippen LogP contribution in [-0.2, 0) is 11.8 Å². The van der Waals surface area contributed by atoms with Crippen LogP contribution in [0.3, 0.4) is 0 Å². The molecule has 3 rings (SSSR count). The van der Waals surface area contributed by atoms with Crippen molar-refractivity contribution in [3.8, 4) is 0 Å². The van der Waals surface area contributed by atoms with Gasteiger partial charge in [0.15, 0.2) is 0 Å². The van der Waals surface area contributed by atoms with Gasteiger partial charge in [-0.2, -0.15) is 5.10 Å². The van der Waals surface area contributed by atoms with Gasteiger partial charge in [0.25, 0.3) is 0 Å². The van der Waals surface area contributed by atoms with Gasteiger partial charge in [0.2, 0.25) is 4.96 Å². The minimum atomic E-state index is 0.206. The topological polar surface area (TPSA) is 30.2 Å². The van der Waals surface area contributed by atoms with Crippen molar-refractivity contribution in [2.24, 2.45) is 5.92 Å². The summed E-state index contributed by atoms with van der Waals surface area (Å²) >= 11 is 1.75. The highest BCUT2D eigenvalue weighted by Gasteiger charge is 2.40. The third-order valence-electron chi connectivity index (χ3n) is 3.78. The lowest BCUT2D eigenvalue weighted by Gasteiger charge is -2.17. The second kappa shape index (κ2) is 3.80. The molecule has 0 radical (unpaired) electrons. The summed E-state index contributed by atoms with van der Waals surface area (Å²) in [6, 6.07) is 0. The first-order chi connectivity index (χ1) is 8.38. The van der Waals surface area contributed by atoms with Crippen molar-refractivity contribution in [2.45, 2.75) is 58.8 Å². The summed E-state index contributed by atoms with van der Waals surface area (Å²) in [6.07, 6.45) is 2.24. The number of imidazole rings is 1. The Morgan fingerprint density at radius 2 is 2.17 bits per heavy atom. The minimum Gasteiger partial charge on any atom is -0.222 e. The number of hydrogen-bond acceptors (Lipinski definition) is 3. The molecule has 0 saturated heterocycles. The molecule has 0 saturated carbocycles. The first-order valence-corrected chi connectivity index (χ1v) is 7.59. The van der Waals surface area contributed by atoms with E-state index >= 15 is 0 Å². The average Bonchev–Trinajstić information content (AvgIpc) is 2.76. The van der Waals surface area contributed by atoms with E-state index in [-0.39, 0.29) is 5.41 Å². The van der Waals surface area contributed by atoms with Crippen LogP contribution in [0.5, 0.6) is 0 Å². The van der Waals surface area contributed by atoms with Crippen LogP contribution < -0.4 is 0 Å². The third kappa shape index (κ3) is 1.69. The van der Waals surface area contributed by atoms with Gasteiger partial charge in [-0.15, -0.1) is 0 Å². The minimum absolute atomic E-state index is 0.206. The van der Waals surface area contributed by atoms with Crippen LogP contribution in [0.1, 0.15) is 63.4 Å². The molecule has 0 bridgehead atoms. The summed E-state index contributed by atoms with van der Waals surface area (Å²) in [5.74, 6) is 1.22. The summed E-state index contributed by atoms with van der Waals surface area (Å²) in [6.45, 7) is 11.4. The molecule has 2 aromatic rings. The Kier molecular flexibility index (Phi) is 2.56. The Hall–Kier alpha value is -0.900. The quantitative estimate of drug-likeness (QED) is 0.825. The fourth-order valence-corrected chi connectivity index (χ4v) is 4.28. The molecule has 18 heavy (non-hydrogen) atoms. The standard InChI is InChI=1S/C14H21N3S/c1-8(2)6-10-16-17-12-11(15-13(17)18-10)9(3)7-14(12,4)5/h8-9H,6-7H2,1-5H3. The second-order valence-electron chi connectivity index (χ2n) is 6.62. The fourth-order valence-electron chi connectivity index (χ4n) is 3.17. The molecule has 3 nitrogen and oxygen atoms in total. The second-order valence-corrected chi connectivity index (χ2v) is 7.66. The van der Waals surface area contributed by atoms with Gasteiger partial charge in [-0.3, -0.25) is 0 Å². The molecular weight excluding hydrogens is 242 g/mol. The monoisotopic (exact) mass is 263 g/mol. The zero-order valence-electron chi connectivity index (χ0n) is 11.8. The first kappa shape index (κ1) is 12.2. The Bertz CT molecular complexity index is 591. The van der Waals surface area contributed by atoms with Crippen molar-refractivity contribution in [1.29, 1.82) is 0 Å². The molecule has 2 heterocycles. The summed E-state index contributed by atoms with van der Waals surface area (Å²) in [7, 11) is 0. The van der Waals surface area contributed by atoms with Gasteiger partial charge < -0.3 is 0 Å².